The van der Waals surface area contributed by atoms with Gasteiger partial charge in [0, 0.05) is 19.6 Å². The van der Waals surface area contributed by atoms with E-state index >= 15 is 0 Å². The molecule has 1 aliphatic rings. The fraction of sp³-hybridized carbons (Fsp3) is 1.00. The molecule has 0 aromatic heterocycles. The third-order valence-corrected chi connectivity index (χ3v) is 3.30. The maximum Gasteiger partial charge on any atom is 0.0558 e. The highest BCUT2D eigenvalue weighted by atomic mass is 16.3. The van der Waals surface area contributed by atoms with Gasteiger partial charge in [-0.2, -0.15) is 0 Å². The molecule has 3 nitrogen and oxygen atoms in total. The number of aliphatic hydroxyl groups excluding tert-OH is 1. The quantitative estimate of drug-likeness (QED) is 0.662. The van der Waals surface area contributed by atoms with Crippen molar-refractivity contribution in [3.8, 4) is 0 Å². The zero-order chi connectivity index (χ0) is 10.4. The third kappa shape index (κ3) is 3.23. The maximum atomic E-state index is 8.87. The molecule has 0 aromatic carbocycles. The monoisotopic (exact) mass is 200 g/mol. The topological polar surface area (TPSA) is 35.5 Å². The van der Waals surface area contributed by atoms with Crippen LogP contribution in [-0.4, -0.2) is 50.3 Å². The summed E-state index contributed by atoms with van der Waals surface area (Å²) in [4.78, 5) is 2.25. The van der Waals surface area contributed by atoms with E-state index in [0.717, 1.165) is 19.6 Å². The summed E-state index contributed by atoms with van der Waals surface area (Å²) in [5.41, 5.74) is 0.471. The molecule has 0 atom stereocenters. The van der Waals surface area contributed by atoms with Crippen LogP contribution in [0.3, 0.4) is 0 Å². The second-order valence-electron chi connectivity index (χ2n) is 4.70. The van der Waals surface area contributed by atoms with Crippen LogP contribution in [0.15, 0.2) is 0 Å². The molecule has 0 spiro atoms. The Hall–Kier alpha value is -0.120. The average Bonchev–Trinajstić information content (AvgIpc) is 2.54. The molecular formula is C11H24N2O. The van der Waals surface area contributed by atoms with Crippen LogP contribution < -0.4 is 5.32 Å². The van der Waals surface area contributed by atoms with Crippen molar-refractivity contribution in [1.82, 2.24) is 10.2 Å². The fourth-order valence-corrected chi connectivity index (χ4v) is 2.71. The van der Waals surface area contributed by atoms with Crippen molar-refractivity contribution in [2.75, 3.05) is 40.3 Å². The van der Waals surface area contributed by atoms with Gasteiger partial charge in [-0.25, -0.2) is 0 Å². The highest BCUT2D eigenvalue weighted by Gasteiger charge is 2.33. The number of hydrogen-bond donors (Lipinski definition) is 2. The van der Waals surface area contributed by atoms with Gasteiger partial charge in [-0.3, -0.25) is 0 Å². The lowest BCUT2D eigenvalue weighted by molar-refractivity contribution is 0.148. The van der Waals surface area contributed by atoms with Crippen molar-refractivity contribution in [2.45, 2.75) is 25.7 Å². The molecule has 0 aromatic rings. The molecule has 1 fully saturated rings. The first kappa shape index (κ1) is 12.0. The van der Waals surface area contributed by atoms with E-state index in [2.05, 4.69) is 17.3 Å². The number of likely N-dealkylation sites (N-methyl/N-ethyl adjacent to an activating group) is 1. The first-order valence-corrected chi connectivity index (χ1v) is 5.66. The van der Waals surface area contributed by atoms with E-state index in [1.54, 1.807) is 0 Å². The van der Waals surface area contributed by atoms with Crippen molar-refractivity contribution in [2.24, 2.45) is 5.41 Å². The Morgan fingerprint density at radius 2 is 2.00 bits per heavy atom. The Balaban J connectivity index is 2.42. The molecule has 0 heterocycles. The molecule has 0 saturated heterocycles. The van der Waals surface area contributed by atoms with E-state index in [1.807, 2.05) is 7.05 Å². The number of rotatable bonds is 6. The van der Waals surface area contributed by atoms with Gasteiger partial charge in [0.15, 0.2) is 0 Å². The Labute approximate surface area is 87.5 Å². The van der Waals surface area contributed by atoms with Crippen LogP contribution in [0.5, 0.6) is 0 Å². The number of nitrogens with one attached hydrogen (secondary N) is 1. The van der Waals surface area contributed by atoms with Gasteiger partial charge in [0.05, 0.1) is 6.61 Å². The minimum absolute atomic E-state index is 0.270. The molecule has 0 radical (unpaired) electrons. The lowest BCUT2D eigenvalue weighted by Gasteiger charge is -2.33. The molecule has 2 N–H and O–H groups in total. The lowest BCUT2D eigenvalue weighted by atomic mass is 9.85. The van der Waals surface area contributed by atoms with Gasteiger partial charge in [0.25, 0.3) is 0 Å². The minimum atomic E-state index is 0.270. The van der Waals surface area contributed by atoms with Gasteiger partial charge >= 0.3 is 0 Å². The Kier molecular flexibility index (Phi) is 4.85. The van der Waals surface area contributed by atoms with Gasteiger partial charge < -0.3 is 15.3 Å². The normalized spacial score (nSPS) is 20.6. The second-order valence-corrected chi connectivity index (χ2v) is 4.70. The summed E-state index contributed by atoms with van der Waals surface area (Å²) in [6.07, 6.45) is 5.41. The zero-order valence-corrected chi connectivity index (χ0v) is 9.55. The van der Waals surface area contributed by atoms with Crippen LogP contribution in [-0.2, 0) is 0 Å². The van der Waals surface area contributed by atoms with Gasteiger partial charge in [-0.1, -0.05) is 12.8 Å². The summed E-state index contributed by atoms with van der Waals surface area (Å²) in [5, 5.41) is 12.2. The summed E-state index contributed by atoms with van der Waals surface area (Å²) in [6.45, 7) is 3.30. The van der Waals surface area contributed by atoms with Gasteiger partial charge in [-0.15, -0.1) is 0 Å². The van der Waals surface area contributed by atoms with E-state index in [9.17, 15) is 0 Å². The van der Waals surface area contributed by atoms with Crippen molar-refractivity contribution >= 4 is 0 Å². The maximum absolute atomic E-state index is 8.87. The fourth-order valence-electron chi connectivity index (χ4n) is 2.71. The smallest absolute Gasteiger partial charge is 0.0558 e. The highest BCUT2D eigenvalue weighted by molar-refractivity contribution is 4.88. The summed E-state index contributed by atoms with van der Waals surface area (Å²) >= 11 is 0. The van der Waals surface area contributed by atoms with Crippen molar-refractivity contribution in [3.05, 3.63) is 0 Å². The second kappa shape index (κ2) is 5.69. The molecule has 0 bridgehead atoms. The summed E-state index contributed by atoms with van der Waals surface area (Å²) in [6, 6.07) is 0. The minimum Gasteiger partial charge on any atom is -0.395 e. The molecule has 1 aliphatic carbocycles. The van der Waals surface area contributed by atoms with E-state index in [1.165, 1.54) is 25.7 Å². The summed E-state index contributed by atoms with van der Waals surface area (Å²) in [5.74, 6) is 0. The molecule has 84 valence electrons. The van der Waals surface area contributed by atoms with Crippen LogP contribution in [0.4, 0.5) is 0 Å². The zero-order valence-electron chi connectivity index (χ0n) is 9.55. The van der Waals surface area contributed by atoms with E-state index in [4.69, 9.17) is 5.11 Å². The largest absolute Gasteiger partial charge is 0.395 e. The molecule has 0 unspecified atom stereocenters. The predicted molar refractivity (Wildman–Crippen MR) is 59.4 cm³/mol. The Morgan fingerprint density at radius 1 is 1.36 bits per heavy atom. The van der Waals surface area contributed by atoms with Gasteiger partial charge in [0.1, 0.15) is 0 Å². The third-order valence-electron chi connectivity index (χ3n) is 3.30. The molecule has 0 amide bonds. The molecule has 1 saturated carbocycles. The predicted octanol–water partition coefficient (Wildman–Crippen LogP) is 0.690. The SMILES string of the molecule is CNCC1(CN(C)CCO)CCCC1. The number of aliphatic hydroxyl groups is 1. The van der Waals surface area contributed by atoms with Crippen LogP contribution >= 0.6 is 0 Å². The Bertz CT molecular complexity index is 155. The lowest BCUT2D eigenvalue weighted by Crippen LogP contribution is -2.41. The number of nitrogens with zero attached hydrogens (tertiary/aromatic N) is 1. The first-order valence-electron chi connectivity index (χ1n) is 5.66. The van der Waals surface area contributed by atoms with Crippen molar-refractivity contribution in [3.63, 3.8) is 0 Å². The summed E-state index contributed by atoms with van der Waals surface area (Å²) in [7, 11) is 4.14. The molecule has 1 rings (SSSR count). The van der Waals surface area contributed by atoms with E-state index in [0.29, 0.717) is 5.41 Å². The first-order chi connectivity index (χ1) is 6.72. The number of hydrogen-bond acceptors (Lipinski definition) is 3. The van der Waals surface area contributed by atoms with E-state index in [-0.39, 0.29) is 6.61 Å². The van der Waals surface area contributed by atoms with Crippen LogP contribution in [0.25, 0.3) is 0 Å². The Morgan fingerprint density at radius 3 is 2.50 bits per heavy atom. The molecule has 14 heavy (non-hydrogen) atoms. The van der Waals surface area contributed by atoms with Crippen molar-refractivity contribution in [1.29, 1.82) is 0 Å². The van der Waals surface area contributed by atoms with Gasteiger partial charge in [0.2, 0.25) is 0 Å². The van der Waals surface area contributed by atoms with Crippen molar-refractivity contribution < 1.29 is 5.11 Å². The molecule has 0 aliphatic heterocycles. The van der Waals surface area contributed by atoms with Crippen LogP contribution in [0, 0.1) is 5.41 Å². The highest BCUT2D eigenvalue weighted by Crippen LogP contribution is 2.37. The van der Waals surface area contributed by atoms with Crippen LogP contribution in [0.1, 0.15) is 25.7 Å². The summed E-state index contributed by atoms with van der Waals surface area (Å²) < 4.78 is 0. The average molecular weight is 200 g/mol. The molecule has 3 heteroatoms. The van der Waals surface area contributed by atoms with Gasteiger partial charge in [-0.05, 0) is 32.4 Å². The van der Waals surface area contributed by atoms with E-state index < -0.39 is 0 Å². The molecular weight excluding hydrogens is 176 g/mol. The van der Waals surface area contributed by atoms with Crippen LogP contribution in [0.2, 0.25) is 0 Å². The standard InChI is InChI=1S/C11H24N2O/c1-12-9-11(5-3-4-6-11)10-13(2)7-8-14/h12,14H,3-10H2,1-2H3.